The van der Waals surface area contributed by atoms with E-state index in [4.69, 9.17) is 21.1 Å². The number of ether oxygens (including phenoxy) is 2. The van der Waals surface area contributed by atoms with E-state index in [1.54, 1.807) is 58.0 Å². The summed E-state index contributed by atoms with van der Waals surface area (Å²) in [4.78, 5) is 42.5. The van der Waals surface area contributed by atoms with Gasteiger partial charge in [-0.1, -0.05) is 23.7 Å². The van der Waals surface area contributed by atoms with E-state index in [1.165, 1.54) is 19.2 Å². The molecule has 0 bridgehead atoms. The molecule has 11 heteroatoms. The Bertz CT molecular complexity index is 1390. The molecule has 0 spiro atoms. The molecule has 3 rings (SSSR count). The van der Waals surface area contributed by atoms with Gasteiger partial charge in [-0.3, -0.25) is 4.79 Å². The lowest BCUT2D eigenvalue weighted by Crippen LogP contribution is -2.45. The normalized spacial score (nSPS) is 12.7. The number of esters is 1. The summed E-state index contributed by atoms with van der Waals surface area (Å²) in [5.74, 6) is -2.13. The van der Waals surface area contributed by atoms with E-state index in [1.807, 2.05) is 0 Å². The van der Waals surface area contributed by atoms with Crippen molar-refractivity contribution in [1.29, 1.82) is 0 Å². The van der Waals surface area contributed by atoms with E-state index in [9.17, 15) is 23.9 Å². The first-order valence-electron chi connectivity index (χ1n) is 12.4. The van der Waals surface area contributed by atoms with Gasteiger partial charge < -0.3 is 25.2 Å². The zero-order valence-electron chi connectivity index (χ0n) is 22.7. The number of amides is 2. The zero-order chi connectivity index (χ0) is 29.6. The lowest BCUT2D eigenvalue weighted by Gasteiger charge is -2.23. The van der Waals surface area contributed by atoms with Crippen molar-refractivity contribution in [2.45, 2.75) is 51.8 Å². The van der Waals surface area contributed by atoms with E-state index >= 15 is 0 Å². The molecule has 0 aliphatic rings. The van der Waals surface area contributed by atoms with Gasteiger partial charge in [0.1, 0.15) is 28.9 Å². The Morgan fingerprint density at radius 2 is 1.73 bits per heavy atom. The molecule has 0 aliphatic carbocycles. The number of benzene rings is 2. The molecule has 3 N–H and O–H groups in total. The zero-order valence-corrected chi connectivity index (χ0v) is 23.5. The van der Waals surface area contributed by atoms with Crippen molar-refractivity contribution in [2.24, 2.45) is 0 Å². The van der Waals surface area contributed by atoms with Gasteiger partial charge in [0.2, 0.25) is 0 Å². The standard InChI is InChI=1S/C29H31ClFN3O6/c1-16-12-17(14-23(27(37)39-5)33-28(38)40-29(2,3)4)13-22(32-16)26(36)34-25(18-6-8-19(30)9-7-18)21-15-20(31)10-11-24(21)35/h6-13,15,23,25,35H,14H2,1-5H3,(H,33,38)(H,34,36)/t23-,25-/m0/s1. The SMILES string of the molecule is COC(=O)[C@H](Cc1cc(C)nc(C(=O)N[C@@H](c2ccc(Cl)cc2)c2cc(F)ccc2O)c1)NC(=O)OC(C)(C)C. The second-order valence-corrected chi connectivity index (χ2v) is 10.5. The van der Waals surface area contributed by atoms with Gasteiger partial charge in [-0.15, -0.1) is 0 Å². The van der Waals surface area contributed by atoms with Crippen molar-refractivity contribution in [3.63, 3.8) is 0 Å². The average molecular weight is 572 g/mol. The van der Waals surface area contributed by atoms with Gasteiger partial charge in [-0.25, -0.2) is 19.0 Å². The molecule has 0 unspecified atom stereocenters. The number of aryl methyl sites for hydroxylation is 1. The number of aromatic hydroxyl groups is 1. The lowest BCUT2D eigenvalue weighted by molar-refractivity contribution is -0.143. The van der Waals surface area contributed by atoms with Crippen molar-refractivity contribution in [3.8, 4) is 5.75 Å². The molecular weight excluding hydrogens is 541 g/mol. The van der Waals surface area contributed by atoms with Gasteiger partial charge in [0.05, 0.1) is 13.2 Å². The number of rotatable bonds is 8. The Hall–Kier alpha value is -4.18. The maximum atomic E-state index is 14.1. The Balaban J connectivity index is 1.91. The summed E-state index contributed by atoms with van der Waals surface area (Å²) in [5.41, 5.74) is 0.890. The number of carbonyl (C=O) groups is 3. The fraction of sp³-hybridized carbons (Fsp3) is 0.310. The summed E-state index contributed by atoms with van der Waals surface area (Å²) in [7, 11) is 1.20. The predicted octanol–water partition coefficient (Wildman–Crippen LogP) is 5.02. The molecule has 0 saturated heterocycles. The molecule has 0 aliphatic heterocycles. The highest BCUT2D eigenvalue weighted by atomic mass is 35.5. The molecule has 1 aromatic heterocycles. The van der Waals surface area contributed by atoms with E-state index in [0.717, 1.165) is 12.1 Å². The topological polar surface area (TPSA) is 127 Å². The van der Waals surface area contributed by atoms with Crippen molar-refractivity contribution < 1.29 is 33.4 Å². The van der Waals surface area contributed by atoms with E-state index in [2.05, 4.69) is 15.6 Å². The van der Waals surface area contributed by atoms with Crippen molar-refractivity contribution >= 4 is 29.6 Å². The lowest BCUT2D eigenvalue weighted by atomic mass is 9.97. The second kappa shape index (κ2) is 12.8. The number of phenolic OH excluding ortho intramolecular Hbond substituents is 1. The molecule has 2 atom stereocenters. The Labute approximate surface area is 236 Å². The quantitative estimate of drug-likeness (QED) is 0.324. The molecule has 0 saturated carbocycles. The van der Waals surface area contributed by atoms with Gasteiger partial charge in [0.25, 0.3) is 5.91 Å². The number of alkyl carbamates (subject to hydrolysis) is 1. The largest absolute Gasteiger partial charge is 0.508 e. The van der Waals surface area contributed by atoms with Crippen molar-refractivity contribution in [1.82, 2.24) is 15.6 Å². The van der Waals surface area contributed by atoms with Crippen LogP contribution < -0.4 is 10.6 Å². The van der Waals surface area contributed by atoms with E-state index in [0.29, 0.717) is 21.8 Å². The summed E-state index contributed by atoms with van der Waals surface area (Å²) in [6, 6.07) is 11.1. The Morgan fingerprint density at radius 3 is 2.35 bits per heavy atom. The third-order valence-electron chi connectivity index (χ3n) is 5.64. The van der Waals surface area contributed by atoms with Crippen LogP contribution in [0.15, 0.2) is 54.6 Å². The van der Waals surface area contributed by atoms with Gasteiger partial charge in [-0.05, 0) is 81.3 Å². The highest BCUT2D eigenvalue weighted by Crippen LogP contribution is 2.31. The number of hydrogen-bond donors (Lipinski definition) is 3. The van der Waals surface area contributed by atoms with Crippen LogP contribution in [0.4, 0.5) is 9.18 Å². The van der Waals surface area contributed by atoms with Crippen LogP contribution in [0, 0.1) is 12.7 Å². The maximum absolute atomic E-state index is 14.1. The van der Waals surface area contributed by atoms with Crippen LogP contribution in [0.5, 0.6) is 5.75 Å². The molecule has 212 valence electrons. The third-order valence-corrected chi connectivity index (χ3v) is 5.89. The number of methoxy groups -OCH3 is 1. The Kier molecular flexibility index (Phi) is 9.70. The smallest absolute Gasteiger partial charge is 0.408 e. The molecule has 2 aromatic carbocycles. The fourth-order valence-electron chi connectivity index (χ4n) is 3.95. The molecule has 1 heterocycles. The van der Waals surface area contributed by atoms with E-state index < -0.39 is 41.5 Å². The van der Waals surface area contributed by atoms with Crippen LogP contribution in [0.25, 0.3) is 0 Å². The number of halogens is 2. The van der Waals surface area contributed by atoms with Gasteiger partial charge >= 0.3 is 12.1 Å². The summed E-state index contributed by atoms with van der Waals surface area (Å²) in [5, 5.41) is 16.2. The Morgan fingerprint density at radius 1 is 1.05 bits per heavy atom. The van der Waals surface area contributed by atoms with Crippen molar-refractivity contribution in [3.05, 3.63) is 93.5 Å². The molecule has 40 heavy (non-hydrogen) atoms. The third kappa shape index (κ3) is 8.41. The van der Waals surface area contributed by atoms with Crippen LogP contribution >= 0.6 is 11.6 Å². The van der Waals surface area contributed by atoms with Crippen LogP contribution in [-0.2, 0) is 20.7 Å². The highest BCUT2D eigenvalue weighted by Gasteiger charge is 2.27. The molecule has 0 radical (unpaired) electrons. The number of nitrogens with zero attached hydrogens (tertiary/aromatic N) is 1. The van der Waals surface area contributed by atoms with Crippen LogP contribution in [0.1, 0.15) is 59.7 Å². The van der Waals surface area contributed by atoms with Gasteiger partial charge in [0.15, 0.2) is 0 Å². The first kappa shape index (κ1) is 30.4. The van der Waals surface area contributed by atoms with E-state index in [-0.39, 0.29) is 23.4 Å². The summed E-state index contributed by atoms with van der Waals surface area (Å²) in [6.45, 7) is 6.75. The van der Waals surface area contributed by atoms with Gasteiger partial charge in [0, 0.05) is 22.7 Å². The van der Waals surface area contributed by atoms with Crippen LogP contribution in [0.3, 0.4) is 0 Å². The number of aromatic nitrogens is 1. The molecule has 0 fully saturated rings. The summed E-state index contributed by atoms with van der Waals surface area (Å²) >= 11 is 6.02. The minimum atomic E-state index is -1.09. The minimum absolute atomic E-state index is 0.00532. The number of pyridine rings is 1. The number of hydrogen-bond acceptors (Lipinski definition) is 7. The predicted molar refractivity (Wildman–Crippen MR) is 147 cm³/mol. The first-order chi connectivity index (χ1) is 18.8. The summed E-state index contributed by atoms with van der Waals surface area (Å²) in [6.07, 6.45) is -0.812. The monoisotopic (exact) mass is 571 g/mol. The molecular formula is C29H31ClFN3O6. The number of nitrogens with one attached hydrogen (secondary N) is 2. The first-order valence-corrected chi connectivity index (χ1v) is 12.7. The van der Waals surface area contributed by atoms with Gasteiger partial charge in [-0.2, -0.15) is 0 Å². The molecule has 2 amide bonds. The molecule has 9 nitrogen and oxygen atoms in total. The average Bonchev–Trinajstić information content (AvgIpc) is 2.87. The highest BCUT2D eigenvalue weighted by molar-refractivity contribution is 6.30. The minimum Gasteiger partial charge on any atom is -0.508 e. The number of phenols is 1. The van der Waals surface area contributed by atoms with Crippen LogP contribution in [0.2, 0.25) is 5.02 Å². The fourth-order valence-corrected chi connectivity index (χ4v) is 4.08. The van der Waals surface area contributed by atoms with Crippen LogP contribution in [-0.4, -0.2) is 46.8 Å². The van der Waals surface area contributed by atoms with Crippen molar-refractivity contribution in [2.75, 3.05) is 7.11 Å². The summed E-state index contributed by atoms with van der Waals surface area (Å²) < 4.78 is 24.2. The number of carbonyl (C=O) groups excluding carboxylic acids is 3. The second-order valence-electron chi connectivity index (χ2n) is 10.1. The maximum Gasteiger partial charge on any atom is 0.408 e. The molecule has 3 aromatic rings.